The first-order valence-electron chi connectivity index (χ1n) is 3.48. The number of aliphatic hydroxyl groups is 1. The van der Waals surface area contributed by atoms with Crippen molar-refractivity contribution in [1.82, 2.24) is 0 Å². The van der Waals surface area contributed by atoms with Gasteiger partial charge >= 0.3 is 5.97 Å². The second-order valence-electron chi connectivity index (χ2n) is 2.52. The summed E-state index contributed by atoms with van der Waals surface area (Å²) in [6.07, 6.45) is -1.74. The molecular formula is C8H5Cl3O3. The van der Waals surface area contributed by atoms with Crippen LogP contribution in [0.3, 0.4) is 0 Å². The number of benzene rings is 1. The molecule has 0 aromatic heterocycles. The van der Waals surface area contributed by atoms with Crippen LogP contribution in [0.15, 0.2) is 12.1 Å². The van der Waals surface area contributed by atoms with Crippen LogP contribution in [0.2, 0.25) is 15.1 Å². The number of aliphatic hydroxyl groups excluding tert-OH is 1. The Balaban J connectivity index is 3.27. The van der Waals surface area contributed by atoms with Crippen molar-refractivity contribution in [2.24, 2.45) is 0 Å². The Labute approximate surface area is 94.8 Å². The average molecular weight is 255 g/mol. The van der Waals surface area contributed by atoms with Crippen LogP contribution in [-0.2, 0) is 4.79 Å². The number of carboxylic acid groups (broad SMARTS) is 1. The minimum Gasteiger partial charge on any atom is -0.479 e. The van der Waals surface area contributed by atoms with E-state index >= 15 is 0 Å². The van der Waals surface area contributed by atoms with Crippen molar-refractivity contribution >= 4 is 40.8 Å². The van der Waals surface area contributed by atoms with E-state index < -0.39 is 12.1 Å². The van der Waals surface area contributed by atoms with Gasteiger partial charge in [0.2, 0.25) is 0 Å². The Kier molecular flexibility index (Phi) is 3.61. The molecule has 1 aromatic carbocycles. The summed E-state index contributed by atoms with van der Waals surface area (Å²) in [5.74, 6) is -1.42. The molecule has 0 spiro atoms. The van der Waals surface area contributed by atoms with E-state index in [4.69, 9.17) is 39.9 Å². The Morgan fingerprint density at radius 3 is 2.00 bits per heavy atom. The molecule has 0 fully saturated rings. The molecule has 0 aliphatic carbocycles. The predicted octanol–water partition coefficient (Wildman–Crippen LogP) is 2.76. The van der Waals surface area contributed by atoms with E-state index in [1.54, 1.807) is 0 Å². The van der Waals surface area contributed by atoms with E-state index in [1.165, 1.54) is 12.1 Å². The lowest BCUT2D eigenvalue weighted by Crippen LogP contribution is -2.11. The quantitative estimate of drug-likeness (QED) is 0.854. The molecule has 1 atom stereocenters. The molecule has 6 heteroatoms. The summed E-state index contributed by atoms with van der Waals surface area (Å²) in [7, 11) is 0. The summed E-state index contributed by atoms with van der Waals surface area (Å²) < 4.78 is 0. The predicted molar refractivity (Wildman–Crippen MR) is 54.1 cm³/mol. The topological polar surface area (TPSA) is 57.5 Å². The summed E-state index contributed by atoms with van der Waals surface area (Å²) in [5, 5.41) is 18.1. The number of carboxylic acids is 1. The highest BCUT2D eigenvalue weighted by Gasteiger charge is 2.22. The van der Waals surface area contributed by atoms with Gasteiger partial charge in [-0.2, -0.15) is 0 Å². The molecule has 0 heterocycles. The lowest BCUT2D eigenvalue weighted by molar-refractivity contribution is -0.146. The molecule has 1 rings (SSSR count). The number of hydrogen-bond donors (Lipinski definition) is 2. The van der Waals surface area contributed by atoms with Gasteiger partial charge in [-0.05, 0) is 12.1 Å². The molecule has 0 saturated carbocycles. The maximum absolute atomic E-state index is 10.5. The van der Waals surface area contributed by atoms with Crippen molar-refractivity contribution in [3.8, 4) is 0 Å². The summed E-state index contributed by atoms with van der Waals surface area (Å²) >= 11 is 17.0. The molecule has 3 nitrogen and oxygen atoms in total. The van der Waals surface area contributed by atoms with Crippen LogP contribution in [0.25, 0.3) is 0 Å². The van der Waals surface area contributed by atoms with Crippen molar-refractivity contribution in [1.29, 1.82) is 0 Å². The molecule has 0 aliphatic heterocycles. The zero-order valence-corrected chi connectivity index (χ0v) is 8.94. The van der Waals surface area contributed by atoms with Gasteiger partial charge in [0.05, 0.1) is 0 Å². The van der Waals surface area contributed by atoms with Crippen molar-refractivity contribution in [3.05, 3.63) is 32.8 Å². The van der Waals surface area contributed by atoms with Crippen molar-refractivity contribution in [2.45, 2.75) is 6.10 Å². The lowest BCUT2D eigenvalue weighted by Gasteiger charge is -2.10. The van der Waals surface area contributed by atoms with Crippen LogP contribution in [0.5, 0.6) is 0 Å². The fourth-order valence-corrected chi connectivity index (χ4v) is 1.96. The molecule has 2 N–H and O–H groups in total. The first-order chi connectivity index (χ1) is 6.43. The molecular weight excluding hydrogens is 250 g/mol. The number of halogens is 3. The van der Waals surface area contributed by atoms with Crippen LogP contribution in [0, 0.1) is 0 Å². The third-order valence-corrected chi connectivity index (χ3v) is 2.39. The van der Waals surface area contributed by atoms with Gasteiger partial charge < -0.3 is 10.2 Å². The van der Waals surface area contributed by atoms with Crippen molar-refractivity contribution in [2.75, 3.05) is 0 Å². The van der Waals surface area contributed by atoms with Gasteiger partial charge in [-0.1, -0.05) is 34.8 Å². The Morgan fingerprint density at radius 2 is 1.64 bits per heavy atom. The summed E-state index contributed by atoms with van der Waals surface area (Å²) in [6.45, 7) is 0. The molecule has 0 saturated heterocycles. The summed E-state index contributed by atoms with van der Waals surface area (Å²) in [6, 6.07) is 2.63. The van der Waals surface area contributed by atoms with Gasteiger partial charge in [0.15, 0.2) is 6.10 Å². The Hall–Kier alpha value is -0.480. The lowest BCUT2D eigenvalue weighted by atomic mass is 10.1. The fraction of sp³-hybridized carbons (Fsp3) is 0.125. The van der Waals surface area contributed by atoms with Gasteiger partial charge in [0, 0.05) is 20.6 Å². The zero-order chi connectivity index (χ0) is 10.9. The summed E-state index contributed by atoms with van der Waals surface area (Å²) in [5.41, 5.74) is -0.0507. The van der Waals surface area contributed by atoms with E-state index in [1.807, 2.05) is 0 Å². The maximum atomic E-state index is 10.5. The van der Waals surface area contributed by atoms with E-state index in [0.29, 0.717) is 0 Å². The standard InChI is InChI=1S/C8H5Cl3O3/c9-3-1-4(10)6(5(11)2-3)7(12)8(13)14/h1-2,7,12H,(H,13,14). The van der Waals surface area contributed by atoms with Crippen LogP contribution >= 0.6 is 34.8 Å². The van der Waals surface area contributed by atoms with Crippen molar-refractivity contribution < 1.29 is 15.0 Å². The summed E-state index contributed by atoms with van der Waals surface area (Å²) in [4.78, 5) is 10.5. The van der Waals surface area contributed by atoms with Crippen LogP contribution in [-0.4, -0.2) is 16.2 Å². The van der Waals surface area contributed by atoms with Crippen LogP contribution < -0.4 is 0 Å². The highest BCUT2D eigenvalue weighted by molar-refractivity contribution is 6.39. The molecule has 0 radical (unpaired) electrons. The normalized spacial score (nSPS) is 12.6. The smallest absolute Gasteiger partial charge is 0.337 e. The number of carbonyl (C=O) groups is 1. The van der Waals surface area contributed by atoms with Gasteiger partial charge in [-0.3, -0.25) is 0 Å². The van der Waals surface area contributed by atoms with Crippen LogP contribution in [0.1, 0.15) is 11.7 Å². The minimum atomic E-state index is -1.74. The highest BCUT2D eigenvalue weighted by Crippen LogP contribution is 2.33. The largest absolute Gasteiger partial charge is 0.479 e. The Bertz CT molecular complexity index is 355. The molecule has 76 valence electrons. The van der Waals surface area contributed by atoms with Gasteiger partial charge in [0.1, 0.15) is 0 Å². The molecule has 1 unspecified atom stereocenters. The van der Waals surface area contributed by atoms with Gasteiger partial charge in [-0.15, -0.1) is 0 Å². The number of hydrogen-bond acceptors (Lipinski definition) is 2. The highest BCUT2D eigenvalue weighted by atomic mass is 35.5. The molecule has 0 amide bonds. The first-order valence-corrected chi connectivity index (χ1v) is 4.62. The molecule has 1 aromatic rings. The van der Waals surface area contributed by atoms with E-state index in [0.717, 1.165) is 0 Å². The second kappa shape index (κ2) is 4.36. The number of rotatable bonds is 2. The maximum Gasteiger partial charge on any atom is 0.337 e. The van der Waals surface area contributed by atoms with Gasteiger partial charge in [0.25, 0.3) is 0 Å². The van der Waals surface area contributed by atoms with Gasteiger partial charge in [-0.25, -0.2) is 4.79 Å². The molecule has 0 bridgehead atoms. The second-order valence-corrected chi connectivity index (χ2v) is 3.77. The number of aliphatic carboxylic acids is 1. The van der Waals surface area contributed by atoms with Crippen molar-refractivity contribution in [3.63, 3.8) is 0 Å². The minimum absolute atomic E-state index is 0.0254. The van der Waals surface area contributed by atoms with Crippen LogP contribution in [0.4, 0.5) is 0 Å². The molecule has 0 aliphatic rings. The Morgan fingerprint density at radius 1 is 1.21 bits per heavy atom. The van der Waals surface area contributed by atoms with E-state index in [9.17, 15) is 9.90 Å². The molecule has 14 heavy (non-hydrogen) atoms. The SMILES string of the molecule is O=C(O)C(O)c1c(Cl)cc(Cl)cc1Cl. The van der Waals surface area contributed by atoms with E-state index in [2.05, 4.69) is 0 Å². The average Bonchev–Trinajstić information content (AvgIpc) is 2.01. The van der Waals surface area contributed by atoms with E-state index in [-0.39, 0.29) is 20.6 Å². The monoisotopic (exact) mass is 254 g/mol. The third-order valence-electron chi connectivity index (χ3n) is 1.55. The fourth-order valence-electron chi connectivity index (χ4n) is 0.938. The zero-order valence-electron chi connectivity index (χ0n) is 6.67. The first kappa shape index (κ1) is 11.6. The third kappa shape index (κ3) is 2.30.